The van der Waals surface area contributed by atoms with Crippen LogP contribution in [0.5, 0.6) is 0 Å². The average Bonchev–Trinajstić information content (AvgIpc) is 2.71. The lowest BCUT2D eigenvalue weighted by Crippen LogP contribution is -2.29. The molecular formula is C13H10N4O2S. The van der Waals surface area contributed by atoms with Crippen molar-refractivity contribution < 1.29 is 9.59 Å². The molecule has 0 fully saturated rings. The summed E-state index contributed by atoms with van der Waals surface area (Å²) in [5.74, 6) is -0.134. The summed E-state index contributed by atoms with van der Waals surface area (Å²) in [6, 6.07) is 6.77. The Bertz CT molecular complexity index is 669. The predicted molar refractivity (Wildman–Crippen MR) is 74.1 cm³/mol. The molecule has 1 aromatic carbocycles. The van der Waals surface area contributed by atoms with Crippen LogP contribution in [-0.2, 0) is 0 Å². The van der Waals surface area contributed by atoms with Crippen LogP contribution in [0, 0.1) is 0 Å². The summed E-state index contributed by atoms with van der Waals surface area (Å²) in [5, 5.41) is 0.504. The summed E-state index contributed by atoms with van der Waals surface area (Å²) < 4.78 is 0. The predicted octanol–water partition coefficient (Wildman–Crippen LogP) is 1.40. The third-order valence-corrected chi connectivity index (χ3v) is 3.88. The maximum atomic E-state index is 12.1. The SMILES string of the molecule is Nc1nccnc1SCN1C(=O)c2ccccc2C1=O. The van der Waals surface area contributed by atoms with Gasteiger partial charge < -0.3 is 5.73 Å². The molecule has 2 heterocycles. The first-order chi connectivity index (χ1) is 9.68. The highest BCUT2D eigenvalue weighted by Gasteiger charge is 2.35. The van der Waals surface area contributed by atoms with E-state index < -0.39 is 0 Å². The van der Waals surface area contributed by atoms with Crippen LogP contribution in [0.4, 0.5) is 5.82 Å². The molecule has 0 unspecified atom stereocenters. The maximum Gasteiger partial charge on any atom is 0.262 e. The molecule has 1 aliphatic heterocycles. The molecule has 1 aromatic heterocycles. The molecule has 0 spiro atoms. The molecule has 0 bridgehead atoms. The third kappa shape index (κ3) is 2.01. The number of imide groups is 1. The lowest BCUT2D eigenvalue weighted by molar-refractivity contribution is 0.0684. The van der Waals surface area contributed by atoms with E-state index in [0.29, 0.717) is 16.2 Å². The Morgan fingerprint density at radius 2 is 1.65 bits per heavy atom. The summed E-state index contributed by atoms with van der Waals surface area (Å²) >= 11 is 1.21. The Hall–Kier alpha value is -2.41. The van der Waals surface area contributed by atoms with Gasteiger partial charge in [-0.3, -0.25) is 14.5 Å². The van der Waals surface area contributed by atoms with E-state index in [0.717, 1.165) is 0 Å². The molecule has 2 aromatic rings. The molecule has 0 atom stereocenters. The van der Waals surface area contributed by atoms with E-state index in [-0.39, 0.29) is 23.5 Å². The number of hydrogen-bond acceptors (Lipinski definition) is 6. The zero-order valence-corrected chi connectivity index (χ0v) is 11.1. The standard InChI is InChI=1S/C13H10N4O2S/c14-10-11(16-6-5-15-10)20-7-17-12(18)8-3-1-2-4-9(8)13(17)19/h1-6H,7H2,(H2,14,15). The zero-order valence-electron chi connectivity index (χ0n) is 10.3. The van der Waals surface area contributed by atoms with Gasteiger partial charge in [0.2, 0.25) is 0 Å². The topological polar surface area (TPSA) is 89.2 Å². The van der Waals surface area contributed by atoms with E-state index >= 15 is 0 Å². The summed E-state index contributed by atoms with van der Waals surface area (Å²) in [6.07, 6.45) is 3.00. The molecule has 0 saturated heterocycles. The van der Waals surface area contributed by atoms with Crippen LogP contribution in [0.25, 0.3) is 0 Å². The van der Waals surface area contributed by atoms with Crippen molar-refractivity contribution in [2.75, 3.05) is 11.6 Å². The number of fused-ring (bicyclic) bond motifs is 1. The van der Waals surface area contributed by atoms with Gasteiger partial charge in [0.25, 0.3) is 11.8 Å². The Labute approximate surface area is 119 Å². The number of nitrogens with zero attached hydrogens (tertiary/aromatic N) is 3. The van der Waals surface area contributed by atoms with Crippen LogP contribution in [0.2, 0.25) is 0 Å². The normalized spacial score (nSPS) is 13.7. The molecule has 100 valence electrons. The van der Waals surface area contributed by atoms with E-state index in [1.807, 2.05) is 0 Å². The minimum Gasteiger partial charge on any atom is -0.381 e. The van der Waals surface area contributed by atoms with E-state index in [4.69, 9.17) is 5.73 Å². The first kappa shape index (κ1) is 12.6. The van der Waals surface area contributed by atoms with Crippen molar-refractivity contribution >= 4 is 29.4 Å². The fraction of sp³-hybridized carbons (Fsp3) is 0.0769. The van der Waals surface area contributed by atoms with Gasteiger partial charge in [-0.2, -0.15) is 0 Å². The van der Waals surface area contributed by atoms with Gasteiger partial charge >= 0.3 is 0 Å². The highest BCUT2D eigenvalue weighted by Crippen LogP contribution is 2.27. The number of nitrogens with two attached hydrogens (primary N) is 1. The van der Waals surface area contributed by atoms with Crippen LogP contribution < -0.4 is 5.73 Å². The van der Waals surface area contributed by atoms with Gasteiger partial charge in [0.1, 0.15) is 5.03 Å². The quantitative estimate of drug-likeness (QED) is 0.677. The Morgan fingerprint density at radius 1 is 1.05 bits per heavy atom. The second-order valence-electron chi connectivity index (χ2n) is 4.10. The number of anilines is 1. The van der Waals surface area contributed by atoms with Crippen molar-refractivity contribution in [3.63, 3.8) is 0 Å². The van der Waals surface area contributed by atoms with Gasteiger partial charge in [-0.05, 0) is 12.1 Å². The number of nitrogen functional groups attached to an aromatic ring is 1. The first-order valence-corrected chi connectivity index (χ1v) is 6.81. The average molecular weight is 286 g/mol. The molecule has 0 radical (unpaired) electrons. The fourth-order valence-corrected chi connectivity index (χ4v) is 2.75. The summed E-state index contributed by atoms with van der Waals surface area (Å²) in [7, 11) is 0. The number of carbonyl (C=O) groups excluding carboxylic acids is 2. The molecule has 2 amide bonds. The van der Waals surface area contributed by atoms with E-state index in [9.17, 15) is 9.59 Å². The highest BCUT2D eigenvalue weighted by molar-refractivity contribution is 7.99. The van der Waals surface area contributed by atoms with Gasteiger partial charge in [-0.1, -0.05) is 23.9 Å². The highest BCUT2D eigenvalue weighted by atomic mass is 32.2. The Morgan fingerprint density at radius 3 is 2.25 bits per heavy atom. The molecule has 1 aliphatic rings. The number of carbonyl (C=O) groups is 2. The second-order valence-corrected chi connectivity index (χ2v) is 5.04. The number of benzene rings is 1. The van der Waals surface area contributed by atoms with Crippen LogP contribution in [0.15, 0.2) is 41.7 Å². The molecule has 0 aliphatic carbocycles. The number of amides is 2. The monoisotopic (exact) mass is 286 g/mol. The molecule has 6 nitrogen and oxygen atoms in total. The van der Waals surface area contributed by atoms with Crippen LogP contribution in [-0.4, -0.2) is 32.6 Å². The van der Waals surface area contributed by atoms with E-state index in [1.165, 1.54) is 29.1 Å². The van der Waals surface area contributed by atoms with E-state index in [1.54, 1.807) is 24.3 Å². The van der Waals surface area contributed by atoms with Crippen LogP contribution in [0.3, 0.4) is 0 Å². The number of aromatic nitrogens is 2. The number of hydrogen-bond donors (Lipinski definition) is 1. The minimum atomic E-state index is -0.291. The molecule has 20 heavy (non-hydrogen) atoms. The third-order valence-electron chi connectivity index (χ3n) is 2.90. The number of rotatable bonds is 3. The number of thioether (sulfide) groups is 1. The molecule has 0 saturated carbocycles. The summed E-state index contributed by atoms with van der Waals surface area (Å²) in [6.45, 7) is 0. The van der Waals surface area contributed by atoms with Crippen molar-refractivity contribution in [1.29, 1.82) is 0 Å². The smallest absolute Gasteiger partial charge is 0.262 e. The molecule has 2 N–H and O–H groups in total. The first-order valence-electron chi connectivity index (χ1n) is 5.83. The van der Waals surface area contributed by atoms with Crippen LogP contribution in [0.1, 0.15) is 20.7 Å². The second kappa shape index (κ2) is 4.93. The Balaban J connectivity index is 1.79. The fourth-order valence-electron chi connectivity index (χ4n) is 1.93. The van der Waals surface area contributed by atoms with Gasteiger partial charge in [0.15, 0.2) is 5.82 Å². The largest absolute Gasteiger partial charge is 0.381 e. The van der Waals surface area contributed by atoms with E-state index in [2.05, 4.69) is 9.97 Å². The van der Waals surface area contributed by atoms with Crippen molar-refractivity contribution in [2.24, 2.45) is 0 Å². The van der Waals surface area contributed by atoms with Crippen molar-refractivity contribution in [2.45, 2.75) is 5.03 Å². The minimum absolute atomic E-state index is 0.162. The van der Waals surface area contributed by atoms with Crippen LogP contribution >= 0.6 is 11.8 Å². The van der Waals surface area contributed by atoms with Gasteiger partial charge in [0.05, 0.1) is 17.0 Å². The molecular weight excluding hydrogens is 276 g/mol. The van der Waals surface area contributed by atoms with Gasteiger partial charge in [-0.25, -0.2) is 9.97 Å². The Kier molecular flexibility index (Phi) is 3.11. The lowest BCUT2D eigenvalue weighted by atomic mass is 10.1. The maximum absolute atomic E-state index is 12.1. The summed E-state index contributed by atoms with van der Waals surface area (Å²) in [5.41, 5.74) is 6.55. The van der Waals surface area contributed by atoms with Gasteiger partial charge in [-0.15, -0.1) is 0 Å². The van der Waals surface area contributed by atoms with Crippen molar-refractivity contribution in [3.05, 3.63) is 47.8 Å². The van der Waals surface area contributed by atoms with Gasteiger partial charge in [0, 0.05) is 12.4 Å². The summed E-state index contributed by atoms with van der Waals surface area (Å²) in [4.78, 5) is 33.4. The van der Waals surface area contributed by atoms with Crippen molar-refractivity contribution in [3.8, 4) is 0 Å². The zero-order chi connectivity index (χ0) is 14.1. The molecule has 7 heteroatoms. The molecule has 3 rings (SSSR count). The lowest BCUT2D eigenvalue weighted by Gasteiger charge is -2.12. The van der Waals surface area contributed by atoms with Crippen molar-refractivity contribution in [1.82, 2.24) is 14.9 Å².